The number of hydrogen-bond acceptors (Lipinski definition) is 4. The van der Waals surface area contributed by atoms with E-state index in [2.05, 4.69) is 37.3 Å². The Labute approximate surface area is 207 Å². The largest absolute Gasteiger partial charge is 0.393 e. The maximum absolute atomic E-state index is 11.7. The normalized spacial score (nSPS) is 36.1. The summed E-state index contributed by atoms with van der Waals surface area (Å²) in [6, 6.07) is -0.444. The summed E-state index contributed by atoms with van der Waals surface area (Å²) in [5.41, 5.74) is 2.97. The van der Waals surface area contributed by atoms with Gasteiger partial charge < -0.3 is 10.2 Å². The SMILES string of the molecule is C=C1/C(=C\C=C2/CCC[C@]3(C)[C@@H]([C@H](C)CCCC(C)(C)O)CC[C@@H]23)C[C@@H](O)C[C@@H]1NS(C)(=O)=O. The van der Waals surface area contributed by atoms with Crippen molar-refractivity contribution in [2.45, 2.75) is 110 Å². The van der Waals surface area contributed by atoms with Crippen molar-refractivity contribution in [3.8, 4) is 0 Å². The number of hydrogen-bond donors (Lipinski definition) is 3. The second kappa shape index (κ2) is 10.6. The van der Waals surface area contributed by atoms with Gasteiger partial charge in [0.2, 0.25) is 10.0 Å². The summed E-state index contributed by atoms with van der Waals surface area (Å²) in [5, 5.41) is 20.4. The van der Waals surface area contributed by atoms with E-state index < -0.39 is 27.8 Å². The van der Waals surface area contributed by atoms with Gasteiger partial charge in [-0.15, -0.1) is 0 Å². The third-order valence-corrected chi connectivity index (χ3v) is 9.54. The minimum Gasteiger partial charge on any atom is -0.393 e. The second-order valence-electron chi connectivity index (χ2n) is 12.3. The Hall–Kier alpha value is -0.950. The summed E-state index contributed by atoms with van der Waals surface area (Å²) < 4.78 is 26.1. The van der Waals surface area contributed by atoms with Gasteiger partial charge in [-0.25, -0.2) is 13.1 Å². The summed E-state index contributed by atoms with van der Waals surface area (Å²) in [6.07, 6.45) is 15.0. The molecule has 3 aliphatic rings. The molecule has 34 heavy (non-hydrogen) atoms. The molecule has 0 bridgehead atoms. The first-order valence-corrected chi connectivity index (χ1v) is 15.1. The van der Waals surface area contributed by atoms with Gasteiger partial charge in [0.15, 0.2) is 0 Å². The van der Waals surface area contributed by atoms with Crippen LogP contribution in [0.3, 0.4) is 0 Å². The van der Waals surface area contributed by atoms with E-state index in [1.165, 1.54) is 37.7 Å². The Morgan fingerprint density at radius 3 is 2.65 bits per heavy atom. The van der Waals surface area contributed by atoms with Crippen LogP contribution in [-0.4, -0.2) is 42.6 Å². The van der Waals surface area contributed by atoms with E-state index in [4.69, 9.17) is 0 Å². The highest BCUT2D eigenvalue weighted by atomic mass is 32.2. The standard InChI is InChI=1S/C28H47NO4S/c1-19(9-7-15-27(3,4)31)24-13-14-25-21(10-8-16-28(24,25)5)11-12-22-17-23(30)18-26(20(22)2)29-34(6,32)33/h11-12,19,23-26,29-31H,2,7-10,13-18H2,1,3-6H3/b21-11+,22-12-/t19-,23-,24-,25+,26+,28-/m1/s1. The van der Waals surface area contributed by atoms with Crippen molar-refractivity contribution in [3.05, 3.63) is 35.5 Å². The van der Waals surface area contributed by atoms with E-state index in [9.17, 15) is 18.6 Å². The van der Waals surface area contributed by atoms with Gasteiger partial charge >= 0.3 is 0 Å². The molecule has 3 rings (SSSR count). The lowest BCUT2D eigenvalue weighted by Crippen LogP contribution is -2.41. The van der Waals surface area contributed by atoms with Gasteiger partial charge in [0.05, 0.1) is 18.0 Å². The molecule has 0 radical (unpaired) electrons. The van der Waals surface area contributed by atoms with E-state index in [0.29, 0.717) is 36.0 Å². The molecule has 3 N–H and O–H groups in total. The zero-order valence-corrected chi connectivity index (χ0v) is 22.8. The van der Waals surface area contributed by atoms with Crippen LogP contribution in [0, 0.1) is 23.2 Å². The Morgan fingerprint density at radius 2 is 2.00 bits per heavy atom. The molecule has 6 atom stereocenters. The van der Waals surface area contributed by atoms with Crippen molar-refractivity contribution >= 4 is 10.0 Å². The van der Waals surface area contributed by atoms with Crippen molar-refractivity contribution in [2.75, 3.05) is 6.26 Å². The van der Waals surface area contributed by atoms with Crippen molar-refractivity contribution in [1.82, 2.24) is 4.72 Å². The van der Waals surface area contributed by atoms with Gasteiger partial charge in [0.25, 0.3) is 0 Å². The van der Waals surface area contributed by atoms with Crippen LogP contribution in [0.1, 0.15) is 91.9 Å². The minimum absolute atomic E-state index is 0.320. The number of allylic oxidation sites excluding steroid dienone is 3. The highest BCUT2D eigenvalue weighted by Crippen LogP contribution is 2.60. The van der Waals surface area contributed by atoms with Crippen LogP contribution in [0.4, 0.5) is 0 Å². The van der Waals surface area contributed by atoms with Gasteiger partial charge in [-0.05, 0) is 99.5 Å². The molecule has 3 saturated carbocycles. The quantitative estimate of drug-likeness (QED) is 0.430. The maximum atomic E-state index is 11.7. The lowest BCUT2D eigenvalue weighted by atomic mass is 9.60. The van der Waals surface area contributed by atoms with E-state index >= 15 is 0 Å². The Kier molecular flexibility index (Phi) is 8.60. The van der Waals surface area contributed by atoms with Crippen molar-refractivity contribution in [1.29, 1.82) is 0 Å². The van der Waals surface area contributed by atoms with Crippen LogP contribution in [0.25, 0.3) is 0 Å². The van der Waals surface area contributed by atoms with Crippen LogP contribution in [0.15, 0.2) is 35.5 Å². The smallest absolute Gasteiger partial charge is 0.209 e. The first-order chi connectivity index (χ1) is 15.7. The molecule has 6 heteroatoms. The van der Waals surface area contributed by atoms with Crippen LogP contribution in [0.2, 0.25) is 0 Å². The molecule has 0 aliphatic heterocycles. The van der Waals surface area contributed by atoms with E-state index in [0.717, 1.165) is 36.7 Å². The molecule has 0 aromatic carbocycles. The summed E-state index contributed by atoms with van der Waals surface area (Å²) in [6.45, 7) is 12.9. The fraction of sp³-hybridized carbons (Fsp3) is 0.786. The molecule has 5 nitrogen and oxygen atoms in total. The van der Waals surface area contributed by atoms with E-state index in [1.807, 2.05) is 13.8 Å². The first-order valence-electron chi connectivity index (χ1n) is 13.2. The summed E-state index contributed by atoms with van der Waals surface area (Å²) in [5.74, 6) is 1.96. The van der Waals surface area contributed by atoms with Gasteiger partial charge in [0.1, 0.15) is 0 Å². The van der Waals surface area contributed by atoms with Crippen LogP contribution >= 0.6 is 0 Å². The summed E-state index contributed by atoms with van der Waals surface area (Å²) in [4.78, 5) is 0. The van der Waals surface area contributed by atoms with Crippen molar-refractivity contribution in [3.63, 3.8) is 0 Å². The predicted molar refractivity (Wildman–Crippen MR) is 140 cm³/mol. The first kappa shape index (κ1) is 27.6. The van der Waals surface area contributed by atoms with Gasteiger partial charge in [-0.3, -0.25) is 0 Å². The number of fused-ring (bicyclic) bond motifs is 1. The van der Waals surface area contributed by atoms with Crippen LogP contribution in [0.5, 0.6) is 0 Å². The average molecular weight is 494 g/mol. The summed E-state index contributed by atoms with van der Waals surface area (Å²) >= 11 is 0. The van der Waals surface area contributed by atoms with Gasteiger partial charge in [0, 0.05) is 6.04 Å². The van der Waals surface area contributed by atoms with Crippen LogP contribution < -0.4 is 4.72 Å². The lowest BCUT2D eigenvalue weighted by Gasteiger charge is -2.44. The average Bonchev–Trinajstić information content (AvgIpc) is 3.04. The van der Waals surface area contributed by atoms with Crippen molar-refractivity contribution in [2.24, 2.45) is 23.2 Å². The molecular formula is C28H47NO4S. The number of rotatable bonds is 8. The molecule has 0 aromatic heterocycles. The molecule has 0 spiro atoms. The molecule has 0 aromatic rings. The number of aliphatic hydroxyl groups excluding tert-OH is 1. The lowest BCUT2D eigenvalue weighted by molar-refractivity contribution is 0.0596. The Morgan fingerprint density at radius 1 is 1.29 bits per heavy atom. The van der Waals surface area contributed by atoms with E-state index in [-0.39, 0.29) is 0 Å². The highest BCUT2D eigenvalue weighted by Gasteiger charge is 2.50. The third kappa shape index (κ3) is 6.83. The second-order valence-corrected chi connectivity index (χ2v) is 14.1. The fourth-order valence-corrected chi connectivity index (χ4v) is 7.89. The molecule has 194 valence electrons. The fourth-order valence-electron chi connectivity index (χ4n) is 7.14. The van der Waals surface area contributed by atoms with Crippen molar-refractivity contribution < 1.29 is 18.6 Å². The number of nitrogens with one attached hydrogen (secondary N) is 1. The minimum atomic E-state index is -3.37. The molecule has 0 saturated heterocycles. The summed E-state index contributed by atoms with van der Waals surface area (Å²) in [7, 11) is -3.37. The number of aliphatic hydroxyl groups is 2. The molecule has 3 aliphatic carbocycles. The zero-order valence-electron chi connectivity index (χ0n) is 21.9. The highest BCUT2D eigenvalue weighted by molar-refractivity contribution is 7.88. The molecule has 0 heterocycles. The number of sulfonamides is 1. The zero-order chi connectivity index (χ0) is 25.3. The maximum Gasteiger partial charge on any atom is 0.209 e. The molecule has 3 fully saturated rings. The van der Waals surface area contributed by atoms with Gasteiger partial charge in [-0.1, -0.05) is 51.0 Å². The topological polar surface area (TPSA) is 86.6 Å². The van der Waals surface area contributed by atoms with E-state index in [1.54, 1.807) is 0 Å². The molecule has 0 amide bonds. The molecule has 0 unspecified atom stereocenters. The Balaban J connectivity index is 1.73. The monoisotopic (exact) mass is 493 g/mol. The molecular weight excluding hydrogens is 446 g/mol. The van der Waals surface area contributed by atoms with Gasteiger partial charge in [-0.2, -0.15) is 0 Å². The predicted octanol–water partition coefficient (Wildman–Crippen LogP) is 5.26. The third-order valence-electron chi connectivity index (χ3n) is 8.82. The van der Waals surface area contributed by atoms with Crippen LogP contribution in [-0.2, 0) is 10.0 Å². The Bertz CT molecular complexity index is 913.